The lowest BCUT2D eigenvalue weighted by Gasteiger charge is -2.13. The summed E-state index contributed by atoms with van der Waals surface area (Å²) in [6.45, 7) is 4.99. The van der Waals surface area contributed by atoms with E-state index < -0.39 is 0 Å². The largest absolute Gasteiger partial charge is 0.394 e. The van der Waals surface area contributed by atoms with Gasteiger partial charge in [0.25, 0.3) is 0 Å². The first-order valence-electron chi connectivity index (χ1n) is 4.31. The average molecular weight is 185 g/mol. The molecular weight excluding hydrogens is 170 g/mol. The highest BCUT2D eigenvalue weighted by Crippen LogP contribution is 2.04. The van der Waals surface area contributed by atoms with Crippen LogP contribution in [-0.4, -0.2) is 38.9 Å². The van der Waals surface area contributed by atoms with Gasteiger partial charge in [-0.2, -0.15) is 5.21 Å². The summed E-state index contributed by atoms with van der Waals surface area (Å²) in [7, 11) is 0. The van der Waals surface area contributed by atoms with Crippen molar-refractivity contribution in [3.8, 4) is 0 Å². The summed E-state index contributed by atoms with van der Waals surface area (Å²) >= 11 is 0. The molecule has 1 atom stereocenters. The number of H-pyrrole nitrogens is 1. The molecular formula is C7H15N5O. The van der Waals surface area contributed by atoms with Crippen LogP contribution in [0.3, 0.4) is 0 Å². The van der Waals surface area contributed by atoms with Crippen molar-refractivity contribution in [3.05, 3.63) is 5.82 Å². The average Bonchev–Trinajstić information content (AvgIpc) is 2.58. The molecule has 0 bridgehead atoms. The fraction of sp³-hybridized carbons (Fsp3) is 0.857. The van der Waals surface area contributed by atoms with E-state index in [1.54, 1.807) is 0 Å². The predicted molar refractivity (Wildman–Crippen MR) is 46.8 cm³/mol. The Bertz CT molecular complexity index is 223. The van der Waals surface area contributed by atoms with Gasteiger partial charge in [-0.15, -0.1) is 10.2 Å². The molecule has 0 saturated heterocycles. The molecule has 1 aromatic heterocycles. The van der Waals surface area contributed by atoms with E-state index in [0.717, 1.165) is 6.54 Å². The lowest BCUT2D eigenvalue weighted by molar-refractivity contribution is 0.235. The molecule has 1 heterocycles. The molecule has 74 valence electrons. The second kappa shape index (κ2) is 4.88. The van der Waals surface area contributed by atoms with Crippen molar-refractivity contribution in [3.63, 3.8) is 0 Å². The van der Waals surface area contributed by atoms with Crippen LogP contribution in [0.25, 0.3) is 0 Å². The Kier molecular flexibility index (Phi) is 3.78. The molecule has 1 rings (SSSR count). The lowest BCUT2D eigenvalue weighted by Crippen LogP contribution is -2.28. The molecule has 1 aromatic rings. The van der Waals surface area contributed by atoms with Crippen LogP contribution in [0, 0.1) is 5.92 Å². The molecule has 0 amide bonds. The monoisotopic (exact) mass is 185 g/mol. The molecule has 6 nitrogen and oxygen atoms in total. The van der Waals surface area contributed by atoms with Gasteiger partial charge in [0.1, 0.15) is 0 Å². The van der Waals surface area contributed by atoms with Gasteiger partial charge < -0.3 is 10.4 Å². The number of aliphatic hydroxyl groups is 1. The highest BCUT2D eigenvalue weighted by molar-refractivity contribution is 4.88. The fourth-order valence-corrected chi connectivity index (χ4v) is 0.933. The van der Waals surface area contributed by atoms with Crippen LogP contribution in [0.4, 0.5) is 0 Å². The molecule has 0 aliphatic heterocycles. The molecule has 0 spiro atoms. The minimum atomic E-state index is -0.221. The minimum Gasteiger partial charge on any atom is -0.394 e. The standard InChI is InChI=1S/C7H15N5O/c1-5(2)3-8-6(4-13)7-9-11-12-10-7/h5-6,8,13H,3-4H2,1-2H3,(H,9,10,11,12). The van der Waals surface area contributed by atoms with Crippen LogP contribution in [0.2, 0.25) is 0 Å². The maximum Gasteiger partial charge on any atom is 0.193 e. The molecule has 0 radical (unpaired) electrons. The van der Waals surface area contributed by atoms with Crippen molar-refractivity contribution in [2.45, 2.75) is 19.9 Å². The van der Waals surface area contributed by atoms with Crippen molar-refractivity contribution in [2.24, 2.45) is 5.92 Å². The third kappa shape index (κ3) is 3.08. The molecule has 6 heteroatoms. The first-order valence-corrected chi connectivity index (χ1v) is 4.31. The van der Waals surface area contributed by atoms with E-state index in [1.165, 1.54) is 0 Å². The van der Waals surface area contributed by atoms with Crippen LogP contribution >= 0.6 is 0 Å². The van der Waals surface area contributed by atoms with E-state index in [1.807, 2.05) is 0 Å². The number of rotatable bonds is 5. The Hall–Kier alpha value is -1.01. The zero-order valence-electron chi connectivity index (χ0n) is 7.86. The first kappa shape index (κ1) is 10.1. The van der Waals surface area contributed by atoms with Crippen LogP contribution in [0.5, 0.6) is 0 Å². The normalized spacial score (nSPS) is 13.5. The summed E-state index contributed by atoms with van der Waals surface area (Å²) in [6.07, 6.45) is 0. The molecule has 0 aliphatic rings. The van der Waals surface area contributed by atoms with Crippen molar-refractivity contribution in [2.75, 3.05) is 13.2 Å². The topological polar surface area (TPSA) is 86.7 Å². The highest BCUT2D eigenvalue weighted by atomic mass is 16.3. The summed E-state index contributed by atoms with van der Waals surface area (Å²) < 4.78 is 0. The second-order valence-electron chi connectivity index (χ2n) is 3.31. The summed E-state index contributed by atoms with van der Waals surface area (Å²) in [5, 5.41) is 25.5. The van der Waals surface area contributed by atoms with E-state index in [2.05, 4.69) is 39.8 Å². The number of aromatic amines is 1. The first-order chi connectivity index (χ1) is 6.24. The quantitative estimate of drug-likeness (QED) is 0.574. The Morgan fingerprint density at radius 1 is 1.54 bits per heavy atom. The van der Waals surface area contributed by atoms with Crippen molar-refractivity contribution < 1.29 is 5.11 Å². The van der Waals surface area contributed by atoms with E-state index >= 15 is 0 Å². The fourth-order valence-electron chi connectivity index (χ4n) is 0.933. The van der Waals surface area contributed by atoms with E-state index in [-0.39, 0.29) is 12.6 Å². The van der Waals surface area contributed by atoms with Gasteiger partial charge in [0.15, 0.2) is 5.82 Å². The van der Waals surface area contributed by atoms with Gasteiger partial charge in [-0.3, -0.25) is 0 Å². The number of nitrogens with zero attached hydrogens (tertiary/aromatic N) is 3. The van der Waals surface area contributed by atoms with Gasteiger partial charge in [0, 0.05) is 0 Å². The van der Waals surface area contributed by atoms with Crippen molar-refractivity contribution in [1.29, 1.82) is 0 Å². The molecule has 0 aliphatic carbocycles. The third-order valence-corrected chi connectivity index (χ3v) is 1.63. The summed E-state index contributed by atoms with van der Waals surface area (Å²) in [6, 6.07) is -0.221. The Morgan fingerprint density at radius 2 is 2.31 bits per heavy atom. The number of tetrazole rings is 1. The Morgan fingerprint density at radius 3 is 2.77 bits per heavy atom. The lowest BCUT2D eigenvalue weighted by atomic mass is 10.2. The van der Waals surface area contributed by atoms with Gasteiger partial charge in [-0.25, -0.2) is 0 Å². The zero-order chi connectivity index (χ0) is 9.68. The molecule has 0 saturated carbocycles. The number of aliphatic hydroxyl groups excluding tert-OH is 1. The predicted octanol–water partition coefficient (Wildman–Crippen LogP) is -0.521. The van der Waals surface area contributed by atoms with E-state index in [9.17, 15) is 0 Å². The van der Waals surface area contributed by atoms with Crippen LogP contribution in [0.1, 0.15) is 25.7 Å². The molecule has 0 aromatic carbocycles. The maximum atomic E-state index is 9.03. The molecule has 3 N–H and O–H groups in total. The van der Waals surface area contributed by atoms with Crippen molar-refractivity contribution >= 4 is 0 Å². The molecule has 13 heavy (non-hydrogen) atoms. The summed E-state index contributed by atoms with van der Waals surface area (Å²) in [5.74, 6) is 1.03. The summed E-state index contributed by atoms with van der Waals surface area (Å²) in [5.41, 5.74) is 0. The number of nitrogens with one attached hydrogen (secondary N) is 2. The minimum absolute atomic E-state index is 0.0216. The van der Waals surface area contributed by atoms with Crippen LogP contribution in [-0.2, 0) is 0 Å². The van der Waals surface area contributed by atoms with Gasteiger partial charge in [-0.05, 0) is 12.5 Å². The van der Waals surface area contributed by atoms with Gasteiger partial charge in [-0.1, -0.05) is 19.1 Å². The molecule has 1 unspecified atom stereocenters. The number of hydrogen-bond acceptors (Lipinski definition) is 5. The van der Waals surface area contributed by atoms with E-state index in [0.29, 0.717) is 11.7 Å². The van der Waals surface area contributed by atoms with Crippen LogP contribution in [0.15, 0.2) is 0 Å². The second-order valence-corrected chi connectivity index (χ2v) is 3.31. The van der Waals surface area contributed by atoms with Gasteiger partial charge in [0.05, 0.1) is 12.6 Å². The number of aromatic nitrogens is 4. The molecule has 0 fully saturated rings. The SMILES string of the molecule is CC(C)CNC(CO)c1nn[nH]n1. The highest BCUT2D eigenvalue weighted by Gasteiger charge is 2.14. The smallest absolute Gasteiger partial charge is 0.193 e. The third-order valence-electron chi connectivity index (χ3n) is 1.63. The summed E-state index contributed by atoms with van der Waals surface area (Å²) in [4.78, 5) is 0. The Balaban J connectivity index is 2.44. The zero-order valence-corrected chi connectivity index (χ0v) is 7.86. The van der Waals surface area contributed by atoms with Crippen molar-refractivity contribution in [1.82, 2.24) is 25.9 Å². The number of hydrogen-bond donors (Lipinski definition) is 3. The van der Waals surface area contributed by atoms with Crippen LogP contribution < -0.4 is 5.32 Å². The Labute approximate surface area is 76.7 Å². The maximum absolute atomic E-state index is 9.03. The van der Waals surface area contributed by atoms with E-state index in [4.69, 9.17) is 5.11 Å². The van der Waals surface area contributed by atoms with Gasteiger partial charge in [0.2, 0.25) is 0 Å². The van der Waals surface area contributed by atoms with Gasteiger partial charge >= 0.3 is 0 Å².